The predicted molar refractivity (Wildman–Crippen MR) is 156 cm³/mol. The van der Waals surface area contributed by atoms with Crippen molar-refractivity contribution >= 4 is 22.6 Å². The van der Waals surface area contributed by atoms with Crippen LogP contribution in [0.15, 0.2) is 0 Å². The summed E-state index contributed by atoms with van der Waals surface area (Å²) >= 11 is 0. The Morgan fingerprint density at radius 2 is 1.39 bits per heavy atom. The molecule has 10 nitrogen and oxygen atoms in total. The summed E-state index contributed by atoms with van der Waals surface area (Å²) in [6.07, 6.45) is 2.54. The highest BCUT2D eigenvalue weighted by Gasteiger charge is 2.32. The van der Waals surface area contributed by atoms with Crippen LogP contribution < -0.4 is 11.1 Å². The average Bonchev–Trinajstić information content (AvgIpc) is 2.80. The molecule has 0 bridgehead atoms. The molecule has 5 N–H and O–H groups in total. The first kappa shape index (κ1) is 37.6. The zero-order valence-corrected chi connectivity index (χ0v) is 27.1. The van der Waals surface area contributed by atoms with E-state index in [1.165, 1.54) is 0 Å². The third-order valence-corrected chi connectivity index (χ3v) is 13.5. The SMILES string of the molecule is COCC(O)COCCC[Si](C)(C)O[Si](C)(C)CCCOCC(O)COC(=O)CCNC(C)CCC(C)N. The van der Waals surface area contributed by atoms with Gasteiger partial charge in [-0.2, -0.15) is 0 Å². The minimum absolute atomic E-state index is 0.0583. The van der Waals surface area contributed by atoms with E-state index in [1.807, 2.05) is 6.92 Å². The van der Waals surface area contributed by atoms with Gasteiger partial charge in [0.1, 0.15) is 18.8 Å². The van der Waals surface area contributed by atoms with Crippen LogP contribution in [-0.4, -0.2) is 110 Å². The minimum Gasteiger partial charge on any atom is -0.463 e. The highest BCUT2D eigenvalue weighted by Crippen LogP contribution is 2.23. The summed E-state index contributed by atoms with van der Waals surface area (Å²) in [5.41, 5.74) is 5.76. The lowest BCUT2D eigenvalue weighted by Crippen LogP contribution is -2.44. The Labute approximate surface area is 233 Å². The molecule has 0 saturated carbocycles. The number of ether oxygens (including phenoxy) is 4. The molecule has 4 unspecified atom stereocenters. The third kappa shape index (κ3) is 23.5. The molecule has 0 saturated heterocycles. The maximum atomic E-state index is 11.9. The fourth-order valence-corrected chi connectivity index (χ4v) is 12.9. The van der Waals surface area contributed by atoms with E-state index < -0.39 is 28.8 Å². The molecular formula is C26H58N2O8Si2. The van der Waals surface area contributed by atoms with Crippen LogP contribution in [0.5, 0.6) is 0 Å². The summed E-state index contributed by atoms with van der Waals surface area (Å²) < 4.78 is 27.8. The van der Waals surface area contributed by atoms with Gasteiger partial charge in [0.2, 0.25) is 0 Å². The van der Waals surface area contributed by atoms with Gasteiger partial charge in [-0.15, -0.1) is 0 Å². The van der Waals surface area contributed by atoms with E-state index in [-0.39, 0.29) is 38.3 Å². The molecule has 0 radical (unpaired) electrons. The maximum Gasteiger partial charge on any atom is 0.307 e. The Morgan fingerprint density at radius 3 is 1.89 bits per heavy atom. The van der Waals surface area contributed by atoms with Crippen molar-refractivity contribution in [1.82, 2.24) is 5.32 Å². The van der Waals surface area contributed by atoms with Crippen LogP contribution in [0.3, 0.4) is 0 Å². The predicted octanol–water partition coefficient (Wildman–Crippen LogP) is 2.63. The summed E-state index contributed by atoms with van der Waals surface area (Å²) in [5.74, 6) is -0.331. The monoisotopic (exact) mass is 582 g/mol. The summed E-state index contributed by atoms with van der Waals surface area (Å²) in [6.45, 7) is 15.4. The number of hydrogen-bond donors (Lipinski definition) is 4. The summed E-state index contributed by atoms with van der Waals surface area (Å²) in [5, 5.41) is 23.0. The molecule has 228 valence electrons. The molecule has 0 heterocycles. The van der Waals surface area contributed by atoms with E-state index in [0.29, 0.717) is 32.4 Å². The van der Waals surface area contributed by atoms with Crippen LogP contribution in [-0.2, 0) is 27.9 Å². The average molecular weight is 583 g/mol. The van der Waals surface area contributed by atoms with Gasteiger partial charge in [0, 0.05) is 39.0 Å². The van der Waals surface area contributed by atoms with Crippen molar-refractivity contribution < 1.29 is 38.1 Å². The highest BCUT2D eigenvalue weighted by atomic mass is 28.4. The Hall–Kier alpha value is -0.416. The standard InChI is InChI=1S/C26H58N2O8Si2/c1-22(27)10-11-23(2)28-13-12-26(31)35-21-25(30)20-34-15-9-17-38(6,7)36-37(4,5)16-8-14-33-19-24(29)18-32-3/h22-25,28-30H,8-21,27H2,1-7H3. The largest absolute Gasteiger partial charge is 0.463 e. The zero-order chi connectivity index (χ0) is 29.0. The summed E-state index contributed by atoms with van der Waals surface area (Å²) in [4.78, 5) is 11.9. The van der Waals surface area contributed by atoms with Crippen molar-refractivity contribution in [1.29, 1.82) is 0 Å². The Bertz CT molecular complexity index is 600. The molecule has 0 aromatic carbocycles. The quantitative estimate of drug-likeness (QED) is 0.0721. The van der Waals surface area contributed by atoms with Crippen LogP contribution in [0.1, 0.15) is 46.0 Å². The third-order valence-electron chi connectivity index (χ3n) is 5.98. The van der Waals surface area contributed by atoms with Gasteiger partial charge in [0.25, 0.3) is 0 Å². The Morgan fingerprint density at radius 1 is 0.868 bits per heavy atom. The van der Waals surface area contributed by atoms with Crippen LogP contribution in [0, 0.1) is 0 Å². The fourth-order valence-electron chi connectivity index (χ4n) is 4.07. The van der Waals surface area contributed by atoms with Gasteiger partial charge in [-0.25, -0.2) is 0 Å². The van der Waals surface area contributed by atoms with E-state index in [2.05, 4.69) is 38.4 Å². The first-order valence-electron chi connectivity index (χ1n) is 14.1. The topological polar surface area (TPSA) is 142 Å². The zero-order valence-electron chi connectivity index (χ0n) is 25.1. The van der Waals surface area contributed by atoms with Gasteiger partial charge < -0.3 is 44.3 Å². The van der Waals surface area contributed by atoms with Gasteiger partial charge in [-0.3, -0.25) is 4.79 Å². The number of rotatable bonds is 25. The van der Waals surface area contributed by atoms with Crippen molar-refractivity contribution in [3.8, 4) is 0 Å². The number of carbonyl (C=O) groups excluding carboxylic acids is 1. The van der Waals surface area contributed by atoms with Crippen LogP contribution in [0.4, 0.5) is 0 Å². The van der Waals surface area contributed by atoms with Crippen LogP contribution in [0.25, 0.3) is 0 Å². The number of nitrogens with two attached hydrogens (primary N) is 1. The van der Waals surface area contributed by atoms with Crippen molar-refractivity contribution in [2.45, 2.75) is 109 Å². The molecule has 0 aliphatic rings. The normalized spacial score (nSPS) is 15.7. The van der Waals surface area contributed by atoms with E-state index in [1.54, 1.807) is 7.11 Å². The van der Waals surface area contributed by atoms with E-state index in [9.17, 15) is 15.0 Å². The number of hydrogen-bond acceptors (Lipinski definition) is 10. The first-order chi connectivity index (χ1) is 17.8. The van der Waals surface area contributed by atoms with Crippen LogP contribution in [0.2, 0.25) is 38.3 Å². The smallest absolute Gasteiger partial charge is 0.307 e. The second-order valence-corrected chi connectivity index (χ2v) is 20.4. The summed E-state index contributed by atoms with van der Waals surface area (Å²) in [6, 6.07) is 2.46. The Kier molecular flexibility index (Phi) is 21.1. The minimum atomic E-state index is -1.83. The van der Waals surface area contributed by atoms with E-state index >= 15 is 0 Å². The Balaban J connectivity index is 3.91. The molecule has 0 aliphatic heterocycles. The van der Waals surface area contributed by atoms with Crippen molar-refractivity contribution in [2.75, 3.05) is 53.3 Å². The molecule has 0 aromatic rings. The van der Waals surface area contributed by atoms with Gasteiger partial charge in [0.05, 0.1) is 26.2 Å². The van der Waals surface area contributed by atoms with Crippen molar-refractivity contribution in [3.05, 3.63) is 0 Å². The lowest BCUT2D eigenvalue weighted by molar-refractivity contribution is -0.147. The molecule has 0 aromatic heterocycles. The molecule has 0 spiro atoms. The maximum absolute atomic E-state index is 11.9. The molecule has 0 rings (SSSR count). The lowest BCUT2D eigenvalue weighted by atomic mass is 10.1. The van der Waals surface area contributed by atoms with Gasteiger partial charge in [-0.1, -0.05) is 0 Å². The second kappa shape index (κ2) is 21.3. The molecule has 0 aliphatic carbocycles. The van der Waals surface area contributed by atoms with Crippen molar-refractivity contribution in [3.63, 3.8) is 0 Å². The number of nitrogens with one attached hydrogen (secondary N) is 1. The molecule has 0 amide bonds. The summed E-state index contributed by atoms with van der Waals surface area (Å²) in [7, 11) is -2.08. The number of aliphatic hydroxyl groups is 2. The molecule has 12 heteroatoms. The highest BCUT2D eigenvalue weighted by molar-refractivity contribution is 6.84. The molecule has 38 heavy (non-hydrogen) atoms. The van der Waals surface area contributed by atoms with Gasteiger partial charge in [0.15, 0.2) is 16.6 Å². The molecular weight excluding hydrogens is 524 g/mol. The molecule has 4 atom stereocenters. The fraction of sp³-hybridized carbons (Fsp3) is 0.962. The first-order valence-corrected chi connectivity index (χ1v) is 20.3. The van der Waals surface area contributed by atoms with E-state index in [0.717, 1.165) is 37.8 Å². The van der Waals surface area contributed by atoms with E-state index in [4.69, 9.17) is 28.8 Å². The van der Waals surface area contributed by atoms with Gasteiger partial charge >= 0.3 is 5.97 Å². The molecule has 0 fully saturated rings. The number of carbonyl (C=O) groups is 1. The second-order valence-electron chi connectivity index (χ2n) is 11.6. The number of methoxy groups -OCH3 is 1. The van der Waals surface area contributed by atoms with Crippen LogP contribution >= 0.6 is 0 Å². The number of aliphatic hydroxyl groups excluding tert-OH is 2. The van der Waals surface area contributed by atoms with Crippen molar-refractivity contribution in [2.24, 2.45) is 5.73 Å². The number of esters is 1. The lowest BCUT2D eigenvalue weighted by Gasteiger charge is -2.34. The van der Waals surface area contributed by atoms with Gasteiger partial charge in [-0.05, 0) is 77.8 Å².